The Morgan fingerprint density at radius 1 is 1.03 bits per heavy atom. The Kier molecular flexibility index (Phi) is 9.22. The average molecular weight is 507 g/mol. The summed E-state index contributed by atoms with van der Waals surface area (Å²) in [7, 11) is 0. The number of nitrogens with zero attached hydrogens (tertiary/aromatic N) is 2. The van der Waals surface area contributed by atoms with Crippen molar-refractivity contribution in [2.24, 2.45) is 16.8 Å². The van der Waals surface area contributed by atoms with Crippen LogP contribution in [0.25, 0.3) is 0 Å². The molecule has 0 spiro atoms. The van der Waals surface area contributed by atoms with Gasteiger partial charge in [-0.1, -0.05) is 85.2 Å². The summed E-state index contributed by atoms with van der Waals surface area (Å²) in [5, 5.41) is 20.6. The molecule has 3 rings (SSSR count). The maximum atomic E-state index is 13.8. The molecule has 1 heterocycles. The van der Waals surface area contributed by atoms with E-state index in [0.717, 1.165) is 42.8 Å². The number of ketones is 1. The van der Waals surface area contributed by atoms with Crippen molar-refractivity contribution >= 4 is 11.6 Å². The maximum absolute atomic E-state index is 13.8. The summed E-state index contributed by atoms with van der Waals surface area (Å²) in [5.74, 6) is 1.88. The van der Waals surface area contributed by atoms with Crippen LogP contribution >= 0.6 is 0 Å². The maximum Gasteiger partial charge on any atom is 0.182 e. The van der Waals surface area contributed by atoms with Crippen LogP contribution < -0.4 is 0 Å². The first-order valence-electron chi connectivity index (χ1n) is 13.7. The van der Waals surface area contributed by atoms with Crippen LogP contribution in [0.1, 0.15) is 88.4 Å². The molecule has 2 aromatic carbocycles. The number of carbonyl (C=O) groups excluding carboxylic acids is 1. The standard InChI is InChI=1S/C32H46N2O3/c1-8-12-23-20-34(30(33-15-16-35)25(23)17-22-13-10-9-11-14-22)21-28(36)24-18-26(31(2,3)4)29(37)27(19-24)32(5,6)7/h9-11,13-14,18-19,23,25,35,37H,8,12,15-17,20-21H2,1-7H3. The average Bonchev–Trinajstić information content (AvgIpc) is 3.12. The second-order valence-corrected chi connectivity index (χ2v) is 12.5. The lowest BCUT2D eigenvalue weighted by molar-refractivity contribution is 0.0963. The van der Waals surface area contributed by atoms with Gasteiger partial charge in [0.1, 0.15) is 11.6 Å². The number of aliphatic imine (C=N–C) groups is 1. The van der Waals surface area contributed by atoms with Gasteiger partial charge in [0, 0.05) is 29.2 Å². The van der Waals surface area contributed by atoms with Gasteiger partial charge in [0.15, 0.2) is 5.78 Å². The molecule has 1 fully saturated rings. The molecule has 1 aliphatic rings. The highest BCUT2D eigenvalue weighted by molar-refractivity contribution is 6.01. The van der Waals surface area contributed by atoms with E-state index < -0.39 is 0 Å². The zero-order valence-corrected chi connectivity index (χ0v) is 23.8. The van der Waals surface area contributed by atoms with Gasteiger partial charge in [0.05, 0.1) is 19.7 Å². The molecule has 2 N–H and O–H groups in total. The quantitative estimate of drug-likeness (QED) is 0.400. The van der Waals surface area contributed by atoms with Crippen LogP contribution in [-0.2, 0) is 17.3 Å². The van der Waals surface area contributed by atoms with Crippen LogP contribution in [0.5, 0.6) is 5.75 Å². The second kappa shape index (κ2) is 11.8. The zero-order chi connectivity index (χ0) is 27.4. The number of rotatable bonds is 9. The molecule has 2 unspecified atom stereocenters. The van der Waals surface area contributed by atoms with Crippen molar-refractivity contribution in [3.63, 3.8) is 0 Å². The second-order valence-electron chi connectivity index (χ2n) is 12.5. The summed E-state index contributed by atoms with van der Waals surface area (Å²) in [5.41, 5.74) is 2.90. The summed E-state index contributed by atoms with van der Waals surface area (Å²) in [6.45, 7) is 15.9. The van der Waals surface area contributed by atoms with E-state index in [-0.39, 0.29) is 41.4 Å². The molecule has 5 heteroatoms. The van der Waals surface area contributed by atoms with Crippen molar-refractivity contribution in [1.82, 2.24) is 4.90 Å². The van der Waals surface area contributed by atoms with Crippen LogP contribution in [0.3, 0.4) is 0 Å². The fourth-order valence-electron chi connectivity index (χ4n) is 5.47. The van der Waals surface area contributed by atoms with Gasteiger partial charge in [-0.05, 0) is 47.3 Å². The first-order valence-corrected chi connectivity index (χ1v) is 13.7. The Morgan fingerprint density at radius 2 is 1.62 bits per heavy atom. The van der Waals surface area contributed by atoms with Crippen LogP contribution in [0, 0.1) is 11.8 Å². The monoisotopic (exact) mass is 506 g/mol. The Bertz CT molecular complexity index is 1060. The first-order chi connectivity index (χ1) is 17.4. The Hall–Kier alpha value is -2.66. The van der Waals surface area contributed by atoms with Crippen LogP contribution in [0.15, 0.2) is 47.5 Å². The zero-order valence-electron chi connectivity index (χ0n) is 23.8. The Labute approximate surface area is 223 Å². The van der Waals surface area contributed by atoms with Gasteiger partial charge in [0.2, 0.25) is 0 Å². The molecule has 0 saturated carbocycles. The molecule has 202 valence electrons. The highest BCUT2D eigenvalue weighted by atomic mass is 16.3. The number of amidine groups is 1. The van der Waals surface area contributed by atoms with E-state index in [1.54, 1.807) is 0 Å². The normalized spacial score (nSPS) is 19.6. The number of benzene rings is 2. The predicted molar refractivity (Wildman–Crippen MR) is 153 cm³/mol. The number of aliphatic hydroxyl groups excluding tert-OH is 1. The lowest BCUT2D eigenvalue weighted by Gasteiger charge is -2.28. The van der Waals surface area contributed by atoms with E-state index in [4.69, 9.17) is 4.99 Å². The number of likely N-dealkylation sites (tertiary alicyclic amines) is 1. The van der Waals surface area contributed by atoms with Crippen LogP contribution in [-0.4, -0.2) is 53.0 Å². The molecule has 0 radical (unpaired) electrons. The van der Waals surface area contributed by atoms with Gasteiger partial charge in [-0.25, -0.2) is 0 Å². The molecule has 5 nitrogen and oxygen atoms in total. The summed E-state index contributed by atoms with van der Waals surface area (Å²) >= 11 is 0. The van der Waals surface area contributed by atoms with Crippen molar-refractivity contribution in [2.45, 2.75) is 78.6 Å². The lowest BCUT2D eigenvalue weighted by Crippen LogP contribution is -2.34. The van der Waals surface area contributed by atoms with Crippen molar-refractivity contribution in [3.05, 3.63) is 64.7 Å². The van der Waals surface area contributed by atoms with Crippen LogP contribution in [0.4, 0.5) is 0 Å². The first kappa shape index (κ1) is 28.9. The number of phenols is 1. The number of hydrogen-bond acceptors (Lipinski definition) is 4. The fraction of sp³-hybridized carbons (Fsp3) is 0.562. The smallest absolute Gasteiger partial charge is 0.182 e. The SMILES string of the molecule is CCCC1CN(CC(=O)c2cc(C(C)(C)C)c(O)c(C(C)(C)C)c2)C(=NCCO)C1Cc1ccccc1. The summed E-state index contributed by atoms with van der Waals surface area (Å²) in [4.78, 5) is 20.7. The summed E-state index contributed by atoms with van der Waals surface area (Å²) in [6, 6.07) is 14.2. The number of aromatic hydroxyl groups is 1. The molecular formula is C32H46N2O3. The third-order valence-electron chi connectivity index (χ3n) is 7.39. The number of carbonyl (C=O) groups is 1. The van der Waals surface area contributed by atoms with E-state index in [1.807, 2.05) is 18.2 Å². The largest absolute Gasteiger partial charge is 0.507 e. The van der Waals surface area contributed by atoms with E-state index in [1.165, 1.54) is 5.56 Å². The minimum Gasteiger partial charge on any atom is -0.507 e. The molecule has 1 saturated heterocycles. The molecule has 2 aromatic rings. The van der Waals surface area contributed by atoms with Gasteiger partial charge in [0.25, 0.3) is 0 Å². The van der Waals surface area contributed by atoms with Gasteiger partial charge in [-0.3, -0.25) is 9.79 Å². The van der Waals surface area contributed by atoms with Crippen molar-refractivity contribution in [3.8, 4) is 5.75 Å². The Balaban J connectivity index is 1.97. The number of hydrogen-bond donors (Lipinski definition) is 2. The minimum absolute atomic E-state index is 0.0103. The van der Waals surface area contributed by atoms with Crippen LogP contribution in [0.2, 0.25) is 0 Å². The van der Waals surface area contributed by atoms with E-state index in [9.17, 15) is 15.0 Å². The molecule has 0 amide bonds. The molecule has 0 bridgehead atoms. The van der Waals surface area contributed by atoms with Gasteiger partial charge >= 0.3 is 0 Å². The molecular weight excluding hydrogens is 460 g/mol. The Morgan fingerprint density at radius 3 is 2.14 bits per heavy atom. The molecule has 37 heavy (non-hydrogen) atoms. The molecule has 0 aliphatic carbocycles. The minimum atomic E-state index is -0.297. The highest BCUT2D eigenvalue weighted by Gasteiger charge is 2.38. The fourth-order valence-corrected chi connectivity index (χ4v) is 5.47. The third kappa shape index (κ3) is 7.01. The number of phenolic OH excluding ortho intramolecular Hbond substituents is 1. The molecule has 1 aliphatic heterocycles. The molecule has 2 atom stereocenters. The lowest BCUT2D eigenvalue weighted by atomic mass is 9.78. The topological polar surface area (TPSA) is 73.1 Å². The van der Waals surface area contributed by atoms with Crippen molar-refractivity contribution < 1.29 is 15.0 Å². The number of aliphatic hydroxyl groups is 1. The highest BCUT2D eigenvalue weighted by Crippen LogP contribution is 2.40. The van der Waals surface area contributed by atoms with Gasteiger partial charge in [-0.15, -0.1) is 0 Å². The molecule has 0 aromatic heterocycles. The van der Waals surface area contributed by atoms with E-state index >= 15 is 0 Å². The third-order valence-corrected chi connectivity index (χ3v) is 7.39. The summed E-state index contributed by atoms with van der Waals surface area (Å²) < 4.78 is 0. The number of Topliss-reactive ketones (excluding diaryl/α,β-unsaturated/α-hetero) is 1. The van der Waals surface area contributed by atoms with E-state index in [0.29, 0.717) is 18.0 Å². The van der Waals surface area contributed by atoms with Gasteiger partial charge in [-0.2, -0.15) is 0 Å². The predicted octanol–water partition coefficient (Wildman–Crippen LogP) is 6.15. The van der Waals surface area contributed by atoms with Gasteiger partial charge < -0.3 is 15.1 Å². The van der Waals surface area contributed by atoms with Crippen molar-refractivity contribution in [2.75, 3.05) is 26.2 Å². The van der Waals surface area contributed by atoms with Crippen molar-refractivity contribution in [1.29, 1.82) is 0 Å². The van der Waals surface area contributed by atoms with E-state index in [2.05, 4.69) is 77.6 Å². The summed E-state index contributed by atoms with van der Waals surface area (Å²) in [6.07, 6.45) is 3.02.